The molecule has 2 heterocycles. The van der Waals surface area contributed by atoms with Gasteiger partial charge in [-0.2, -0.15) is 0 Å². The van der Waals surface area contributed by atoms with Gasteiger partial charge in [0, 0.05) is 29.6 Å². The monoisotopic (exact) mass is 368 g/mol. The molecule has 26 heavy (non-hydrogen) atoms. The first-order chi connectivity index (χ1) is 12.6. The van der Waals surface area contributed by atoms with Crippen molar-refractivity contribution in [3.63, 3.8) is 0 Å². The van der Waals surface area contributed by atoms with Crippen LogP contribution in [0, 0.1) is 5.82 Å². The molecule has 0 aliphatic heterocycles. The maximum absolute atomic E-state index is 13.1. The maximum atomic E-state index is 13.1. The highest BCUT2D eigenvalue weighted by molar-refractivity contribution is 8.00. The Morgan fingerprint density at radius 2 is 1.85 bits per heavy atom. The van der Waals surface area contributed by atoms with E-state index in [2.05, 4.69) is 19.7 Å². The van der Waals surface area contributed by atoms with Gasteiger partial charge in [-0.3, -0.25) is 14.3 Å². The molecule has 3 aromatic rings. The fraction of sp³-hybridized carbons (Fsp3) is 0.263. The van der Waals surface area contributed by atoms with E-state index in [1.807, 2.05) is 19.1 Å². The van der Waals surface area contributed by atoms with Crippen LogP contribution < -0.4 is 0 Å². The van der Waals surface area contributed by atoms with E-state index in [1.54, 1.807) is 12.4 Å². The van der Waals surface area contributed by atoms with E-state index in [4.69, 9.17) is 0 Å². The number of benzene rings is 1. The van der Waals surface area contributed by atoms with E-state index in [0.29, 0.717) is 11.6 Å². The van der Waals surface area contributed by atoms with Crippen molar-refractivity contribution in [1.82, 2.24) is 19.7 Å². The second kappa shape index (κ2) is 6.99. The first kappa shape index (κ1) is 16.9. The zero-order valence-electron chi connectivity index (χ0n) is 14.2. The van der Waals surface area contributed by atoms with Crippen LogP contribution in [0.5, 0.6) is 0 Å². The first-order valence-corrected chi connectivity index (χ1v) is 9.33. The molecule has 0 amide bonds. The molecule has 132 valence electrons. The molecule has 0 unspecified atom stereocenters. The molecule has 0 radical (unpaired) electrons. The molecule has 0 spiro atoms. The van der Waals surface area contributed by atoms with Gasteiger partial charge in [-0.15, -0.1) is 10.2 Å². The van der Waals surface area contributed by atoms with Crippen molar-refractivity contribution in [2.75, 3.05) is 0 Å². The molecular weight excluding hydrogens is 351 g/mol. The van der Waals surface area contributed by atoms with Crippen LogP contribution in [0.3, 0.4) is 0 Å². The van der Waals surface area contributed by atoms with Gasteiger partial charge < -0.3 is 0 Å². The standard InChI is InChI=1S/C19H17FN4OS/c1-12(17(25)13-2-4-15(20)5-3-13)26-19-23-22-18(24(19)16-6-7-16)14-8-10-21-11-9-14/h2-5,8-12,16H,6-7H2,1H3/t12-/m1/s1. The predicted molar refractivity (Wildman–Crippen MR) is 97.6 cm³/mol. The van der Waals surface area contributed by atoms with Crippen molar-refractivity contribution in [1.29, 1.82) is 0 Å². The summed E-state index contributed by atoms with van der Waals surface area (Å²) >= 11 is 1.39. The summed E-state index contributed by atoms with van der Waals surface area (Å²) < 4.78 is 15.2. The number of carbonyl (C=O) groups excluding carboxylic acids is 1. The molecule has 0 bridgehead atoms. The molecule has 4 rings (SSSR count). The van der Waals surface area contributed by atoms with Crippen molar-refractivity contribution in [2.45, 2.75) is 36.2 Å². The van der Waals surface area contributed by atoms with Gasteiger partial charge in [-0.25, -0.2) is 4.39 Å². The van der Waals surface area contributed by atoms with Crippen molar-refractivity contribution in [3.8, 4) is 11.4 Å². The largest absolute Gasteiger partial charge is 0.299 e. The topological polar surface area (TPSA) is 60.7 Å². The van der Waals surface area contributed by atoms with Gasteiger partial charge in [0.25, 0.3) is 0 Å². The Morgan fingerprint density at radius 1 is 1.15 bits per heavy atom. The molecular formula is C19H17FN4OS. The van der Waals surface area contributed by atoms with Crippen molar-refractivity contribution < 1.29 is 9.18 Å². The summed E-state index contributed by atoms with van der Waals surface area (Å²) in [5.74, 6) is 0.405. The van der Waals surface area contributed by atoms with Crippen LogP contribution in [-0.4, -0.2) is 30.8 Å². The quantitative estimate of drug-likeness (QED) is 0.483. The zero-order chi connectivity index (χ0) is 18.1. The molecule has 1 aliphatic rings. The van der Waals surface area contributed by atoms with Crippen LogP contribution in [0.2, 0.25) is 0 Å². The average molecular weight is 368 g/mol. The van der Waals surface area contributed by atoms with E-state index < -0.39 is 0 Å². The lowest BCUT2D eigenvalue weighted by molar-refractivity contribution is 0.0994. The van der Waals surface area contributed by atoms with Gasteiger partial charge in [0.1, 0.15) is 5.82 Å². The number of carbonyl (C=O) groups is 1. The molecule has 1 aromatic carbocycles. The Kier molecular flexibility index (Phi) is 4.55. The van der Waals surface area contributed by atoms with Gasteiger partial charge in [-0.05, 0) is 56.2 Å². The minimum absolute atomic E-state index is 0.0502. The van der Waals surface area contributed by atoms with Crippen LogP contribution in [0.25, 0.3) is 11.4 Å². The Labute approximate surface area is 154 Å². The molecule has 1 saturated carbocycles. The van der Waals surface area contributed by atoms with Crippen molar-refractivity contribution >= 4 is 17.5 Å². The second-order valence-corrected chi connectivity index (χ2v) is 7.58. The number of rotatable bonds is 6. The van der Waals surface area contributed by atoms with E-state index in [0.717, 1.165) is 29.4 Å². The third kappa shape index (κ3) is 3.39. The Balaban J connectivity index is 1.59. The number of Topliss-reactive ketones (excluding diaryl/α,β-unsaturated/α-hetero) is 1. The summed E-state index contributed by atoms with van der Waals surface area (Å²) in [6, 6.07) is 9.83. The highest BCUT2D eigenvalue weighted by atomic mass is 32.2. The molecule has 1 fully saturated rings. The van der Waals surface area contributed by atoms with Gasteiger partial charge in [0.05, 0.1) is 5.25 Å². The van der Waals surface area contributed by atoms with Crippen LogP contribution in [0.4, 0.5) is 4.39 Å². The Morgan fingerprint density at radius 3 is 2.50 bits per heavy atom. The van der Waals surface area contributed by atoms with Crippen LogP contribution in [0.1, 0.15) is 36.2 Å². The van der Waals surface area contributed by atoms with Gasteiger partial charge in [0.15, 0.2) is 16.8 Å². The molecule has 5 nitrogen and oxygen atoms in total. The highest BCUT2D eigenvalue weighted by Crippen LogP contribution is 2.41. The van der Waals surface area contributed by atoms with Crippen LogP contribution >= 0.6 is 11.8 Å². The van der Waals surface area contributed by atoms with Gasteiger partial charge in [0.2, 0.25) is 0 Å². The first-order valence-electron chi connectivity index (χ1n) is 8.45. The maximum Gasteiger partial charge on any atom is 0.192 e. The number of pyridine rings is 1. The van der Waals surface area contributed by atoms with Gasteiger partial charge >= 0.3 is 0 Å². The number of aromatic nitrogens is 4. The van der Waals surface area contributed by atoms with Crippen molar-refractivity contribution in [2.24, 2.45) is 0 Å². The smallest absolute Gasteiger partial charge is 0.192 e. The summed E-state index contributed by atoms with van der Waals surface area (Å²) in [5, 5.41) is 9.07. The summed E-state index contributed by atoms with van der Waals surface area (Å²) in [7, 11) is 0. The van der Waals surface area contributed by atoms with Crippen molar-refractivity contribution in [3.05, 3.63) is 60.2 Å². The third-order valence-corrected chi connectivity index (χ3v) is 5.35. The molecule has 2 aromatic heterocycles. The Bertz CT molecular complexity index is 922. The minimum Gasteiger partial charge on any atom is -0.299 e. The predicted octanol–water partition coefficient (Wildman–Crippen LogP) is 4.18. The Hall–Kier alpha value is -2.54. The fourth-order valence-electron chi connectivity index (χ4n) is 2.78. The lowest BCUT2D eigenvalue weighted by Crippen LogP contribution is -2.14. The molecule has 1 atom stereocenters. The van der Waals surface area contributed by atoms with E-state index in [-0.39, 0.29) is 16.9 Å². The average Bonchev–Trinajstić information content (AvgIpc) is 3.42. The lowest BCUT2D eigenvalue weighted by atomic mass is 10.1. The van der Waals surface area contributed by atoms with E-state index >= 15 is 0 Å². The summed E-state index contributed by atoms with van der Waals surface area (Å²) in [5.41, 5.74) is 1.46. The number of thioether (sulfide) groups is 1. The van der Waals surface area contributed by atoms with Crippen LogP contribution in [-0.2, 0) is 0 Å². The SMILES string of the molecule is C[C@@H](Sc1nnc(-c2ccncc2)n1C1CC1)C(=O)c1ccc(F)cc1. The molecule has 0 saturated heterocycles. The fourth-order valence-corrected chi connectivity index (χ4v) is 3.77. The van der Waals surface area contributed by atoms with E-state index in [9.17, 15) is 9.18 Å². The summed E-state index contributed by atoms with van der Waals surface area (Å²) in [6.07, 6.45) is 5.64. The molecule has 1 aliphatic carbocycles. The number of hydrogen-bond donors (Lipinski definition) is 0. The summed E-state index contributed by atoms with van der Waals surface area (Å²) in [4.78, 5) is 16.7. The van der Waals surface area contributed by atoms with E-state index in [1.165, 1.54) is 36.0 Å². The molecule has 0 N–H and O–H groups in total. The molecule has 7 heteroatoms. The third-order valence-electron chi connectivity index (χ3n) is 4.30. The van der Waals surface area contributed by atoms with Gasteiger partial charge in [-0.1, -0.05) is 11.8 Å². The highest BCUT2D eigenvalue weighted by Gasteiger charge is 2.31. The number of nitrogens with zero attached hydrogens (tertiary/aromatic N) is 4. The lowest BCUT2D eigenvalue weighted by Gasteiger charge is -2.12. The minimum atomic E-state index is -0.350. The summed E-state index contributed by atoms with van der Waals surface area (Å²) in [6.45, 7) is 1.84. The number of ketones is 1. The number of hydrogen-bond acceptors (Lipinski definition) is 5. The van der Waals surface area contributed by atoms with Crippen LogP contribution in [0.15, 0.2) is 53.9 Å². The second-order valence-electron chi connectivity index (χ2n) is 6.27. The normalized spacial score (nSPS) is 15.0. The number of halogens is 1. The zero-order valence-corrected chi connectivity index (χ0v) is 15.0.